The second-order valence-electron chi connectivity index (χ2n) is 8.61. The highest BCUT2D eigenvalue weighted by Gasteiger charge is 2.42. The summed E-state index contributed by atoms with van der Waals surface area (Å²) in [5, 5.41) is 11.4. The topological polar surface area (TPSA) is 129 Å². The SMILES string of the molecule is COc1ccc(S(=O)(=O)N(Cc2ccncc2)[C@@H](C(=O)NO)C2CCN(C(=O)c3cccs3)CC2)cc1. The van der Waals surface area contributed by atoms with Gasteiger partial charge >= 0.3 is 0 Å². The van der Waals surface area contributed by atoms with E-state index in [1.54, 1.807) is 41.0 Å². The fraction of sp³-hybridized carbons (Fsp3) is 0.320. The molecule has 10 nitrogen and oxygen atoms in total. The van der Waals surface area contributed by atoms with Gasteiger partial charge in [-0.25, -0.2) is 13.9 Å². The molecule has 0 bridgehead atoms. The van der Waals surface area contributed by atoms with E-state index in [4.69, 9.17) is 4.74 Å². The summed E-state index contributed by atoms with van der Waals surface area (Å²) in [5.74, 6) is -0.855. The number of carbonyl (C=O) groups is 2. The van der Waals surface area contributed by atoms with E-state index in [2.05, 4.69) is 4.98 Å². The van der Waals surface area contributed by atoms with Gasteiger partial charge in [0.15, 0.2) is 0 Å². The second kappa shape index (κ2) is 11.8. The zero-order valence-electron chi connectivity index (χ0n) is 20.2. The van der Waals surface area contributed by atoms with Crippen molar-refractivity contribution in [1.82, 2.24) is 19.7 Å². The number of piperidine rings is 1. The van der Waals surface area contributed by atoms with E-state index in [-0.39, 0.29) is 17.3 Å². The number of benzene rings is 1. The largest absolute Gasteiger partial charge is 0.497 e. The Hall–Kier alpha value is -3.32. The van der Waals surface area contributed by atoms with Crippen molar-refractivity contribution in [3.8, 4) is 5.75 Å². The molecule has 1 aromatic carbocycles. The van der Waals surface area contributed by atoms with E-state index >= 15 is 0 Å². The first kappa shape index (κ1) is 26.7. The number of nitrogens with zero attached hydrogens (tertiary/aromatic N) is 3. The molecule has 0 spiro atoms. The van der Waals surface area contributed by atoms with E-state index < -0.39 is 27.9 Å². The number of ether oxygens (including phenoxy) is 1. The average Bonchev–Trinajstić information content (AvgIpc) is 3.48. The molecule has 1 aliphatic rings. The maximum absolute atomic E-state index is 13.9. The molecule has 0 saturated carbocycles. The second-order valence-corrected chi connectivity index (χ2v) is 11.4. The van der Waals surface area contributed by atoms with Crippen molar-refractivity contribution >= 4 is 33.2 Å². The smallest absolute Gasteiger partial charge is 0.263 e. The van der Waals surface area contributed by atoms with Crippen LogP contribution in [-0.4, -0.2) is 65.9 Å². The van der Waals surface area contributed by atoms with Crippen molar-refractivity contribution in [3.05, 3.63) is 76.7 Å². The molecular weight excluding hydrogens is 516 g/mol. The third kappa shape index (κ3) is 5.99. The lowest BCUT2D eigenvalue weighted by Crippen LogP contribution is -2.54. The lowest BCUT2D eigenvalue weighted by atomic mass is 9.88. The Bertz CT molecular complexity index is 1290. The van der Waals surface area contributed by atoms with Crippen LogP contribution in [0.4, 0.5) is 0 Å². The molecule has 1 saturated heterocycles. The molecule has 1 atom stereocenters. The highest BCUT2D eigenvalue weighted by atomic mass is 32.2. The van der Waals surface area contributed by atoms with E-state index in [9.17, 15) is 23.2 Å². The van der Waals surface area contributed by atoms with Crippen molar-refractivity contribution in [2.24, 2.45) is 5.92 Å². The summed E-state index contributed by atoms with van der Waals surface area (Å²) in [6, 6.07) is 11.6. The van der Waals surface area contributed by atoms with Crippen LogP contribution >= 0.6 is 11.3 Å². The molecule has 2 N–H and O–H groups in total. The van der Waals surface area contributed by atoms with Gasteiger partial charge in [-0.15, -0.1) is 11.3 Å². The van der Waals surface area contributed by atoms with Gasteiger partial charge in [0.2, 0.25) is 10.0 Å². The molecule has 1 fully saturated rings. The normalized spacial score (nSPS) is 15.4. The Labute approximate surface area is 219 Å². The first-order chi connectivity index (χ1) is 17.8. The van der Waals surface area contributed by atoms with Crippen LogP contribution in [0, 0.1) is 5.92 Å². The molecule has 2 aromatic heterocycles. The summed E-state index contributed by atoms with van der Waals surface area (Å²) >= 11 is 1.36. The molecule has 0 unspecified atom stereocenters. The average molecular weight is 545 g/mol. The number of sulfonamides is 1. The van der Waals surface area contributed by atoms with Crippen molar-refractivity contribution < 1.29 is 28.0 Å². The Kier molecular flexibility index (Phi) is 8.54. The number of likely N-dealkylation sites (tertiary alicyclic amines) is 1. The van der Waals surface area contributed by atoms with Crippen LogP contribution in [0.2, 0.25) is 0 Å². The fourth-order valence-corrected chi connectivity index (χ4v) is 6.83. The quantitative estimate of drug-likeness (QED) is 0.313. The van der Waals surface area contributed by atoms with Gasteiger partial charge in [-0.2, -0.15) is 4.31 Å². The number of carbonyl (C=O) groups excluding carboxylic acids is 2. The number of hydrogen-bond donors (Lipinski definition) is 2. The molecule has 2 amide bonds. The summed E-state index contributed by atoms with van der Waals surface area (Å²) in [4.78, 5) is 32.2. The molecule has 3 heterocycles. The number of methoxy groups -OCH3 is 1. The summed E-state index contributed by atoms with van der Waals surface area (Å²) < 4.78 is 34.1. The van der Waals surface area contributed by atoms with Gasteiger partial charge < -0.3 is 9.64 Å². The van der Waals surface area contributed by atoms with Crippen molar-refractivity contribution in [1.29, 1.82) is 0 Å². The van der Waals surface area contributed by atoms with Gasteiger partial charge in [0, 0.05) is 32.0 Å². The maximum Gasteiger partial charge on any atom is 0.263 e. The van der Waals surface area contributed by atoms with Crippen LogP contribution in [0.25, 0.3) is 0 Å². The van der Waals surface area contributed by atoms with E-state index in [0.717, 1.165) is 4.31 Å². The van der Waals surface area contributed by atoms with Crippen LogP contribution in [0.3, 0.4) is 0 Å². The summed E-state index contributed by atoms with van der Waals surface area (Å²) in [6.07, 6.45) is 3.87. The lowest BCUT2D eigenvalue weighted by molar-refractivity contribution is -0.135. The molecule has 37 heavy (non-hydrogen) atoms. The Balaban J connectivity index is 1.65. The standard InChI is InChI=1S/C25H28N4O6S2/c1-35-20-4-6-21(7-5-20)37(33,34)29(17-18-8-12-26-13-9-18)23(24(30)27-32)19-10-14-28(15-11-19)25(31)22-3-2-16-36-22/h2-9,12-13,16,19,23,32H,10-11,14-15,17H2,1H3,(H,27,30)/t23-/m1/s1. The molecule has 0 radical (unpaired) electrons. The summed E-state index contributed by atoms with van der Waals surface area (Å²) in [7, 11) is -2.70. The van der Waals surface area contributed by atoms with Gasteiger partial charge in [0.25, 0.3) is 11.8 Å². The zero-order valence-corrected chi connectivity index (χ0v) is 21.8. The number of aromatic nitrogens is 1. The Morgan fingerprint density at radius 2 is 1.84 bits per heavy atom. The summed E-state index contributed by atoms with van der Waals surface area (Å²) in [5.41, 5.74) is 2.30. The third-order valence-electron chi connectivity index (χ3n) is 6.45. The van der Waals surface area contributed by atoms with Gasteiger partial charge in [0.05, 0.1) is 16.9 Å². The summed E-state index contributed by atoms with van der Waals surface area (Å²) in [6.45, 7) is 0.619. The maximum atomic E-state index is 13.9. The minimum absolute atomic E-state index is 0.0107. The van der Waals surface area contributed by atoms with E-state index in [0.29, 0.717) is 42.1 Å². The van der Waals surface area contributed by atoms with Crippen LogP contribution < -0.4 is 10.2 Å². The van der Waals surface area contributed by atoms with Crippen LogP contribution in [0.5, 0.6) is 5.75 Å². The number of amides is 2. The Morgan fingerprint density at radius 3 is 2.41 bits per heavy atom. The van der Waals surface area contributed by atoms with Crippen molar-refractivity contribution in [2.45, 2.75) is 30.3 Å². The molecule has 4 rings (SSSR count). The molecule has 196 valence electrons. The number of nitrogens with one attached hydrogen (secondary N) is 1. The van der Waals surface area contributed by atoms with Crippen LogP contribution in [-0.2, 0) is 21.4 Å². The third-order valence-corrected chi connectivity index (χ3v) is 9.15. The van der Waals surface area contributed by atoms with Crippen LogP contribution in [0.1, 0.15) is 28.1 Å². The van der Waals surface area contributed by atoms with Crippen molar-refractivity contribution in [2.75, 3.05) is 20.2 Å². The predicted molar refractivity (Wildman–Crippen MR) is 137 cm³/mol. The first-order valence-electron chi connectivity index (χ1n) is 11.7. The molecule has 1 aliphatic heterocycles. The lowest BCUT2D eigenvalue weighted by Gasteiger charge is -2.39. The monoisotopic (exact) mass is 544 g/mol. The highest BCUT2D eigenvalue weighted by molar-refractivity contribution is 7.89. The predicted octanol–water partition coefficient (Wildman–Crippen LogP) is 2.77. The van der Waals surface area contributed by atoms with Gasteiger partial charge in [-0.05, 0) is 72.2 Å². The number of pyridine rings is 1. The van der Waals surface area contributed by atoms with Gasteiger partial charge in [0.1, 0.15) is 11.8 Å². The molecule has 0 aliphatic carbocycles. The number of hydrogen-bond acceptors (Lipinski definition) is 8. The van der Waals surface area contributed by atoms with E-state index in [1.165, 1.54) is 42.7 Å². The van der Waals surface area contributed by atoms with E-state index in [1.807, 2.05) is 11.4 Å². The number of hydroxylamine groups is 1. The zero-order chi connectivity index (χ0) is 26.4. The van der Waals surface area contributed by atoms with Gasteiger partial charge in [-0.1, -0.05) is 6.07 Å². The minimum Gasteiger partial charge on any atom is -0.497 e. The fourth-order valence-electron chi connectivity index (χ4n) is 4.50. The van der Waals surface area contributed by atoms with Gasteiger partial charge in [-0.3, -0.25) is 19.8 Å². The van der Waals surface area contributed by atoms with Crippen LogP contribution in [0.15, 0.2) is 71.2 Å². The highest BCUT2D eigenvalue weighted by Crippen LogP contribution is 2.31. The molecule has 3 aromatic rings. The minimum atomic E-state index is -4.19. The number of rotatable bonds is 9. The Morgan fingerprint density at radius 1 is 1.16 bits per heavy atom. The number of thiophene rings is 1. The first-order valence-corrected chi connectivity index (χ1v) is 14.0. The molecular formula is C25H28N4O6S2. The molecule has 12 heteroatoms. The van der Waals surface area contributed by atoms with Crippen molar-refractivity contribution in [3.63, 3.8) is 0 Å².